The number of benzene rings is 2. The maximum absolute atomic E-state index is 13.0. The summed E-state index contributed by atoms with van der Waals surface area (Å²) in [7, 11) is 0. The molecule has 0 unspecified atom stereocenters. The number of carbonyl (C=O) groups is 2. The van der Waals surface area contributed by atoms with Gasteiger partial charge < -0.3 is 15.0 Å². The number of nitrogens with zero attached hydrogens (tertiary/aromatic N) is 1. The minimum Gasteiger partial charge on any atom is -0.483 e. The van der Waals surface area contributed by atoms with Crippen molar-refractivity contribution >= 4 is 35.0 Å². The molecular formula is C22H26Cl2N2O3. The van der Waals surface area contributed by atoms with Gasteiger partial charge >= 0.3 is 0 Å². The molecule has 0 aromatic heterocycles. The minimum atomic E-state index is -0.667. The van der Waals surface area contributed by atoms with Crippen LogP contribution in [-0.4, -0.2) is 35.9 Å². The van der Waals surface area contributed by atoms with Gasteiger partial charge in [-0.3, -0.25) is 9.59 Å². The number of rotatable bonds is 8. The molecule has 0 aliphatic rings. The smallest absolute Gasteiger partial charge is 0.261 e. The predicted molar refractivity (Wildman–Crippen MR) is 117 cm³/mol. The Labute approximate surface area is 181 Å². The number of aryl methyl sites for hydroxylation is 2. The fourth-order valence-corrected chi connectivity index (χ4v) is 3.15. The monoisotopic (exact) mass is 436 g/mol. The van der Waals surface area contributed by atoms with Crippen molar-refractivity contribution in [2.45, 2.75) is 40.3 Å². The van der Waals surface area contributed by atoms with E-state index < -0.39 is 6.04 Å². The summed E-state index contributed by atoms with van der Waals surface area (Å²) in [6.07, 6.45) is 0. The van der Waals surface area contributed by atoms with E-state index in [0.29, 0.717) is 22.3 Å². The molecule has 0 bridgehead atoms. The molecule has 2 amide bonds. The van der Waals surface area contributed by atoms with Gasteiger partial charge in [-0.15, -0.1) is 0 Å². The van der Waals surface area contributed by atoms with E-state index in [0.717, 1.165) is 16.7 Å². The lowest BCUT2D eigenvalue weighted by Crippen LogP contribution is -2.49. The molecule has 1 N–H and O–H groups in total. The molecule has 0 fully saturated rings. The molecule has 2 rings (SSSR count). The molecule has 0 saturated heterocycles. The van der Waals surface area contributed by atoms with Crippen molar-refractivity contribution in [3.05, 3.63) is 63.1 Å². The van der Waals surface area contributed by atoms with Crippen molar-refractivity contribution in [3.8, 4) is 5.75 Å². The third-order valence-corrected chi connectivity index (χ3v) is 5.29. The summed E-state index contributed by atoms with van der Waals surface area (Å²) in [5.41, 5.74) is 2.76. The van der Waals surface area contributed by atoms with Crippen molar-refractivity contribution in [2.75, 3.05) is 13.2 Å². The van der Waals surface area contributed by atoms with Gasteiger partial charge in [0, 0.05) is 13.1 Å². The van der Waals surface area contributed by atoms with Crippen molar-refractivity contribution < 1.29 is 14.3 Å². The Morgan fingerprint density at radius 1 is 1.10 bits per heavy atom. The largest absolute Gasteiger partial charge is 0.483 e. The Balaban J connectivity index is 2.20. The SMILES string of the molecule is CCNC(=O)[C@@H](C)N(Cc1ccc(Cl)c(Cl)c1)C(=O)COc1cc(C)ccc1C. The maximum atomic E-state index is 13.0. The Morgan fingerprint density at radius 2 is 1.83 bits per heavy atom. The van der Waals surface area contributed by atoms with Gasteiger partial charge in [0.05, 0.1) is 10.0 Å². The van der Waals surface area contributed by atoms with Gasteiger partial charge in [-0.25, -0.2) is 0 Å². The fourth-order valence-electron chi connectivity index (χ4n) is 2.82. The van der Waals surface area contributed by atoms with E-state index >= 15 is 0 Å². The summed E-state index contributed by atoms with van der Waals surface area (Å²) in [6.45, 7) is 7.93. The van der Waals surface area contributed by atoms with Crippen molar-refractivity contribution in [1.29, 1.82) is 0 Å². The molecule has 156 valence electrons. The van der Waals surface area contributed by atoms with Crippen LogP contribution in [0.4, 0.5) is 0 Å². The number of carbonyl (C=O) groups excluding carboxylic acids is 2. The van der Waals surface area contributed by atoms with Crippen molar-refractivity contribution in [1.82, 2.24) is 10.2 Å². The van der Waals surface area contributed by atoms with Crippen LogP contribution in [0, 0.1) is 13.8 Å². The lowest BCUT2D eigenvalue weighted by Gasteiger charge is -2.29. The standard InChI is InChI=1S/C22H26Cl2N2O3/c1-5-25-22(28)16(4)26(12-17-8-9-18(23)19(24)11-17)21(27)13-29-20-10-14(2)6-7-15(20)3/h6-11,16H,5,12-13H2,1-4H3,(H,25,28)/t16-/m1/s1. The van der Waals surface area contributed by atoms with Gasteiger partial charge in [-0.05, 0) is 62.6 Å². The van der Waals surface area contributed by atoms with Crippen LogP contribution >= 0.6 is 23.2 Å². The number of ether oxygens (including phenoxy) is 1. The second-order valence-corrected chi connectivity index (χ2v) is 7.71. The predicted octanol–water partition coefficient (Wildman–Crippen LogP) is 4.54. The number of likely N-dealkylation sites (N-methyl/N-ethyl adjacent to an activating group) is 1. The van der Waals surface area contributed by atoms with Crippen LogP contribution in [0.5, 0.6) is 5.75 Å². The van der Waals surface area contributed by atoms with E-state index in [-0.39, 0.29) is 25.0 Å². The molecule has 5 nitrogen and oxygen atoms in total. The van der Waals surface area contributed by atoms with Crippen LogP contribution in [0.1, 0.15) is 30.5 Å². The summed E-state index contributed by atoms with van der Waals surface area (Å²) in [4.78, 5) is 26.8. The van der Waals surface area contributed by atoms with Crippen LogP contribution in [0.2, 0.25) is 10.0 Å². The maximum Gasteiger partial charge on any atom is 0.261 e. The highest BCUT2D eigenvalue weighted by molar-refractivity contribution is 6.42. The first-order valence-electron chi connectivity index (χ1n) is 9.44. The molecule has 2 aromatic rings. The first-order chi connectivity index (χ1) is 13.7. The summed E-state index contributed by atoms with van der Waals surface area (Å²) in [5.74, 6) is 0.127. The molecule has 0 spiro atoms. The summed E-state index contributed by atoms with van der Waals surface area (Å²) in [5, 5.41) is 3.59. The van der Waals surface area contributed by atoms with Crippen LogP contribution in [-0.2, 0) is 16.1 Å². The second-order valence-electron chi connectivity index (χ2n) is 6.90. The first kappa shape index (κ1) is 23.0. The Kier molecular flexibility index (Phi) is 8.35. The van der Waals surface area contributed by atoms with Crippen LogP contribution in [0.3, 0.4) is 0 Å². The topological polar surface area (TPSA) is 58.6 Å². The lowest BCUT2D eigenvalue weighted by molar-refractivity contribution is -0.142. The summed E-state index contributed by atoms with van der Waals surface area (Å²) < 4.78 is 5.76. The van der Waals surface area contributed by atoms with E-state index in [2.05, 4.69) is 5.32 Å². The molecule has 1 atom stereocenters. The van der Waals surface area contributed by atoms with Gasteiger partial charge in [0.15, 0.2) is 6.61 Å². The number of halogens is 2. The number of hydrogen-bond acceptors (Lipinski definition) is 3. The lowest BCUT2D eigenvalue weighted by atomic mass is 10.1. The first-order valence-corrected chi connectivity index (χ1v) is 10.2. The molecule has 7 heteroatoms. The number of hydrogen-bond donors (Lipinski definition) is 1. The summed E-state index contributed by atoms with van der Waals surface area (Å²) in [6, 6.07) is 10.3. The van der Waals surface area contributed by atoms with Crippen molar-refractivity contribution in [2.24, 2.45) is 0 Å². The Bertz CT molecular complexity index is 886. The van der Waals surface area contributed by atoms with Crippen molar-refractivity contribution in [3.63, 3.8) is 0 Å². The van der Waals surface area contributed by atoms with E-state index in [1.54, 1.807) is 25.1 Å². The third kappa shape index (κ3) is 6.38. The second kappa shape index (κ2) is 10.5. The zero-order chi connectivity index (χ0) is 21.6. The highest BCUT2D eigenvalue weighted by Crippen LogP contribution is 2.24. The average molecular weight is 437 g/mol. The molecule has 0 aliphatic carbocycles. The molecule has 0 radical (unpaired) electrons. The highest BCUT2D eigenvalue weighted by atomic mass is 35.5. The highest BCUT2D eigenvalue weighted by Gasteiger charge is 2.26. The van der Waals surface area contributed by atoms with Crippen LogP contribution in [0.15, 0.2) is 36.4 Å². The zero-order valence-electron chi connectivity index (χ0n) is 17.1. The van der Waals surface area contributed by atoms with E-state index in [1.807, 2.05) is 39.0 Å². The normalized spacial score (nSPS) is 11.7. The molecule has 0 saturated carbocycles. The van der Waals surface area contributed by atoms with Gasteiger partial charge in [-0.1, -0.05) is 41.4 Å². The number of nitrogens with one attached hydrogen (secondary N) is 1. The zero-order valence-corrected chi connectivity index (χ0v) is 18.6. The van der Waals surface area contributed by atoms with E-state index in [9.17, 15) is 9.59 Å². The molecule has 2 aromatic carbocycles. The Hall–Kier alpha value is -2.24. The van der Waals surface area contributed by atoms with Gasteiger partial charge in [0.1, 0.15) is 11.8 Å². The molecule has 0 aliphatic heterocycles. The van der Waals surface area contributed by atoms with E-state index in [1.165, 1.54) is 4.90 Å². The van der Waals surface area contributed by atoms with Crippen LogP contribution < -0.4 is 10.1 Å². The minimum absolute atomic E-state index is 0.171. The van der Waals surface area contributed by atoms with Gasteiger partial charge in [0.25, 0.3) is 5.91 Å². The molecular weight excluding hydrogens is 411 g/mol. The third-order valence-electron chi connectivity index (χ3n) is 4.55. The fraction of sp³-hybridized carbons (Fsp3) is 0.364. The molecule has 0 heterocycles. The summed E-state index contributed by atoms with van der Waals surface area (Å²) >= 11 is 12.1. The van der Waals surface area contributed by atoms with Gasteiger partial charge in [0.2, 0.25) is 5.91 Å². The number of amides is 2. The van der Waals surface area contributed by atoms with Gasteiger partial charge in [-0.2, -0.15) is 0 Å². The Morgan fingerprint density at radius 3 is 2.48 bits per heavy atom. The average Bonchev–Trinajstić information content (AvgIpc) is 2.68. The molecule has 29 heavy (non-hydrogen) atoms. The van der Waals surface area contributed by atoms with Crippen LogP contribution in [0.25, 0.3) is 0 Å². The quantitative estimate of drug-likeness (QED) is 0.660. The van der Waals surface area contributed by atoms with E-state index in [4.69, 9.17) is 27.9 Å².